The fraction of sp³-hybridized carbons (Fsp3) is 0.500. The van der Waals surface area contributed by atoms with E-state index in [1.165, 1.54) is 12.1 Å². The second-order valence-electron chi connectivity index (χ2n) is 5.09. The summed E-state index contributed by atoms with van der Waals surface area (Å²) in [6, 6.07) is 5.98. The summed E-state index contributed by atoms with van der Waals surface area (Å²) in [5.74, 6) is -0.302. The first-order chi connectivity index (χ1) is 9.08. The Morgan fingerprint density at radius 1 is 1.47 bits per heavy atom. The van der Waals surface area contributed by atoms with E-state index in [0.717, 1.165) is 13.0 Å². The van der Waals surface area contributed by atoms with Gasteiger partial charge in [0.1, 0.15) is 11.9 Å². The smallest absolute Gasteiger partial charge is 0.245 e. The first-order valence-electron chi connectivity index (χ1n) is 6.53. The van der Waals surface area contributed by atoms with E-state index in [9.17, 15) is 9.18 Å². The summed E-state index contributed by atoms with van der Waals surface area (Å²) in [5, 5.41) is 3.25. The molecule has 19 heavy (non-hydrogen) atoms. The van der Waals surface area contributed by atoms with Gasteiger partial charge in [0, 0.05) is 18.8 Å². The first kappa shape index (κ1) is 14.0. The number of rotatable bonds is 3. The summed E-state index contributed by atoms with van der Waals surface area (Å²) < 4.78 is 13.3. The molecule has 1 N–H and O–H groups in total. The molecule has 1 aromatic rings. The zero-order valence-corrected chi connectivity index (χ0v) is 11.4. The Morgan fingerprint density at radius 2 is 2.26 bits per heavy atom. The van der Waals surface area contributed by atoms with E-state index in [1.54, 1.807) is 17.0 Å². The van der Waals surface area contributed by atoms with E-state index in [4.69, 9.17) is 0 Å². The van der Waals surface area contributed by atoms with Crippen LogP contribution >= 0.6 is 0 Å². The summed E-state index contributed by atoms with van der Waals surface area (Å²) in [5.41, 5.74) is 0.637. The Balaban J connectivity index is 2.21. The van der Waals surface area contributed by atoms with Gasteiger partial charge in [0.2, 0.25) is 5.91 Å². The largest absolute Gasteiger partial charge is 0.311 e. The van der Waals surface area contributed by atoms with Crippen LogP contribution < -0.4 is 10.2 Å². The third kappa shape index (κ3) is 3.52. The number of amides is 1. The lowest BCUT2D eigenvalue weighted by atomic mass is 10.2. The van der Waals surface area contributed by atoms with Gasteiger partial charge in [-0.3, -0.25) is 4.79 Å². The number of anilines is 1. The summed E-state index contributed by atoms with van der Waals surface area (Å²) >= 11 is 0. The Hall–Kier alpha value is -1.46. The van der Waals surface area contributed by atoms with Gasteiger partial charge < -0.3 is 15.1 Å². The second-order valence-corrected chi connectivity index (χ2v) is 5.09. The molecular weight excluding hydrogens is 245 g/mol. The van der Waals surface area contributed by atoms with E-state index in [0.29, 0.717) is 18.8 Å². The molecule has 1 unspecified atom stereocenters. The fourth-order valence-corrected chi connectivity index (χ4v) is 2.31. The maximum Gasteiger partial charge on any atom is 0.245 e. The van der Waals surface area contributed by atoms with Crippen LogP contribution in [0.1, 0.15) is 6.42 Å². The molecular formula is C14H20FN3O. The summed E-state index contributed by atoms with van der Waals surface area (Å²) in [7, 11) is 3.87. The number of hydrogen-bond donors (Lipinski definition) is 1. The molecule has 1 aromatic carbocycles. The molecule has 0 aromatic heterocycles. The van der Waals surface area contributed by atoms with E-state index in [2.05, 4.69) is 5.32 Å². The van der Waals surface area contributed by atoms with Gasteiger partial charge >= 0.3 is 0 Å². The number of halogens is 1. The molecule has 0 radical (unpaired) electrons. The van der Waals surface area contributed by atoms with Crippen LogP contribution in [0.25, 0.3) is 0 Å². The minimum absolute atomic E-state index is 0.0109. The van der Waals surface area contributed by atoms with Gasteiger partial charge in [-0.05, 0) is 45.3 Å². The number of likely N-dealkylation sites (N-methyl/N-ethyl adjacent to an activating group) is 1. The first-order valence-corrected chi connectivity index (χ1v) is 6.53. The highest BCUT2D eigenvalue weighted by atomic mass is 19.1. The molecule has 1 fully saturated rings. The molecule has 1 atom stereocenters. The average molecular weight is 265 g/mol. The zero-order valence-electron chi connectivity index (χ0n) is 11.4. The number of carbonyl (C=O) groups is 1. The van der Waals surface area contributed by atoms with Gasteiger partial charge in [0.25, 0.3) is 0 Å². The van der Waals surface area contributed by atoms with Crippen LogP contribution in [0.2, 0.25) is 0 Å². The van der Waals surface area contributed by atoms with Crippen molar-refractivity contribution in [2.45, 2.75) is 12.5 Å². The topological polar surface area (TPSA) is 35.6 Å². The quantitative estimate of drug-likeness (QED) is 0.888. The van der Waals surface area contributed by atoms with Crippen LogP contribution in [-0.2, 0) is 4.79 Å². The van der Waals surface area contributed by atoms with Crippen molar-refractivity contribution in [3.8, 4) is 0 Å². The Morgan fingerprint density at radius 3 is 2.95 bits per heavy atom. The van der Waals surface area contributed by atoms with Crippen molar-refractivity contribution in [2.24, 2.45) is 0 Å². The van der Waals surface area contributed by atoms with Gasteiger partial charge in [0.05, 0.1) is 0 Å². The van der Waals surface area contributed by atoms with Gasteiger partial charge in [-0.1, -0.05) is 6.07 Å². The predicted molar refractivity (Wildman–Crippen MR) is 73.7 cm³/mol. The zero-order chi connectivity index (χ0) is 13.8. The summed E-state index contributed by atoms with van der Waals surface area (Å²) in [6.45, 7) is 2.07. The van der Waals surface area contributed by atoms with Crippen molar-refractivity contribution in [2.75, 3.05) is 38.6 Å². The van der Waals surface area contributed by atoms with Crippen molar-refractivity contribution in [1.82, 2.24) is 10.2 Å². The second kappa shape index (κ2) is 6.12. The number of nitrogens with zero attached hydrogens (tertiary/aromatic N) is 2. The van der Waals surface area contributed by atoms with E-state index in [-0.39, 0.29) is 17.8 Å². The van der Waals surface area contributed by atoms with Gasteiger partial charge in [0.15, 0.2) is 0 Å². The molecule has 0 bridgehead atoms. The molecule has 2 rings (SSSR count). The van der Waals surface area contributed by atoms with E-state index in [1.807, 2.05) is 19.0 Å². The molecule has 1 saturated heterocycles. The highest BCUT2D eigenvalue weighted by Crippen LogP contribution is 2.18. The third-order valence-electron chi connectivity index (χ3n) is 3.18. The maximum atomic E-state index is 13.3. The van der Waals surface area contributed by atoms with Crippen LogP contribution in [0.5, 0.6) is 0 Å². The maximum absolute atomic E-state index is 13.3. The standard InChI is InChI=1S/C14H20FN3O/c1-17(2)10-13-14(19)18(8-4-7-16-13)12-6-3-5-11(15)9-12/h3,5-6,9,13,16H,4,7-8,10H2,1-2H3. The van der Waals surface area contributed by atoms with Crippen molar-refractivity contribution in [1.29, 1.82) is 0 Å². The number of hydrogen-bond acceptors (Lipinski definition) is 3. The van der Waals surface area contributed by atoms with Crippen LogP contribution in [-0.4, -0.2) is 50.6 Å². The Labute approximate surface area is 113 Å². The van der Waals surface area contributed by atoms with Gasteiger partial charge in [-0.25, -0.2) is 4.39 Å². The lowest BCUT2D eigenvalue weighted by Crippen LogP contribution is -2.49. The molecule has 1 heterocycles. The number of nitrogens with one attached hydrogen (secondary N) is 1. The predicted octanol–water partition coefficient (Wildman–Crippen LogP) is 1.08. The lowest BCUT2D eigenvalue weighted by molar-refractivity contribution is -0.120. The Kier molecular flexibility index (Phi) is 4.50. The fourth-order valence-electron chi connectivity index (χ4n) is 2.31. The SMILES string of the molecule is CN(C)CC1NCCCN(c2cccc(F)c2)C1=O. The summed E-state index contributed by atoms with van der Waals surface area (Å²) in [4.78, 5) is 16.2. The molecule has 1 aliphatic heterocycles. The normalized spacial score (nSPS) is 20.7. The van der Waals surface area contributed by atoms with Crippen molar-refractivity contribution in [3.05, 3.63) is 30.1 Å². The molecule has 0 spiro atoms. The van der Waals surface area contributed by atoms with Gasteiger partial charge in [-0.2, -0.15) is 0 Å². The lowest BCUT2D eigenvalue weighted by Gasteiger charge is -2.26. The third-order valence-corrected chi connectivity index (χ3v) is 3.18. The van der Waals surface area contributed by atoms with E-state index < -0.39 is 0 Å². The molecule has 104 valence electrons. The van der Waals surface area contributed by atoms with Crippen LogP contribution in [0.4, 0.5) is 10.1 Å². The number of carbonyl (C=O) groups excluding carboxylic acids is 1. The number of benzene rings is 1. The monoisotopic (exact) mass is 265 g/mol. The Bertz CT molecular complexity index is 450. The highest BCUT2D eigenvalue weighted by Gasteiger charge is 2.27. The molecule has 0 aliphatic carbocycles. The molecule has 4 nitrogen and oxygen atoms in total. The van der Waals surface area contributed by atoms with E-state index >= 15 is 0 Å². The van der Waals surface area contributed by atoms with Gasteiger partial charge in [-0.15, -0.1) is 0 Å². The van der Waals surface area contributed by atoms with Crippen LogP contribution in [0, 0.1) is 5.82 Å². The highest BCUT2D eigenvalue weighted by molar-refractivity contribution is 5.97. The molecule has 1 amide bonds. The molecule has 5 heteroatoms. The average Bonchev–Trinajstić information content (AvgIpc) is 2.52. The van der Waals surface area contributed by atoms with Crippen LogP contribution in [0.15, 0.2) is 24.3 Å². The van der Waals surface area contributed by atoms with Crippen molar-refractivity contribution >= 4 is 11.6 Å². The van der Waals surface area contributed by atoms with Crippen molar-refractivity contribution < 1.29 is 9.18 Å². The minimum Gasteiger partial charge on any atom is -0.311 e. The molecule has 0 saturated carbocycles. The molecule has 1 aliphatic rings. The summed E-state index contributed by atoms with van der Waals surface area (Å²) in [6.07, 6.45) is 0.867. The minimum atomic E-state index is -0.313. The van der Waals surface area contributed by atoms with Crippen molar-refractivity contribution in [3.63, 3.8) is 0 Å². The van der Waals surface area contributed by atoms with Crippen LogP contribution in [0.3, 0.4) is 0 Å².